The number of hydrogen-bond acceptors (Lipinski definition) is 4. The Hall–Kier alpha value is -0.160. The van der Waals surface area contributed by atoms with Crippen LogP contribution in [0.15, 0.2) is 0 Å². The minimum absolute atomic E-state index is 0.269. The maximum Gasteiger partial charge on any atom is 0.0622 e. The van der Waals surface area contributed by atoms with Crippen LogP contribution in [0.1, 0.15) is 58.8 Å². The van der Waals surface area contributed by atoms with Crippen LogP contribution in [0.3, 0.4) is 0 Å². The summed E-state index contributed by atoms with van der Waals surface area (Å²) in [6.07, 6.45) is 9.29. The zero-order valence-electron chi connectivity index (χ0n) is 14.4. The smallest absolute Gasteiger partial charge is 0.0622 e. The summed E-state index contributed by atoms with van der Waals surface area (Å²) in [5, 5.41) is 16.1. The Labute approximate surface area is 131 Å². The van der Waals surface area contributed by atoms with E-state index in [4.69, 9.17) is 14.9 Å². The number of aliphatic hydroxyl groups excluding tert-OH is 2. The van der Waals surface area contributed by atoms with Crippen LogP contribution in [0.2, 0.25) is 0 Å². The van der Waals surface area contributed by atoms with Gasteiger partial charge in [-0.1, -0.05) is 52.4 Å². The van der Waals surface area contributed by atoms with Crippen molar-refractivity contribution in [2.75, 3.05) is 40.0 Å². The summed E-state index contributed by atoms with van der Waals surface area (Å²) in [5.41, 5.74) is 0. The average molecular weight is 303 g/mol. The number of ether oxygens (including phenoxy) is 1. The predicted molar refractivity (Wildman–Crippen MR) is 88.6 cm³/mol. The highest BCUT2D eigenvalue weighted by Crippen LogP contribution is 2.22. The molecule has 0 aromatic heterocycles. The molecule has 0 spiro atoms. The molecule has 2 N–H and O–H groups in total. The summed E-state index contributed by atoms with van der Waals surface area (Å²) >= 11 is 0. The highest BCUT2D eigenvalue weighted by atomic mass is 16.5. The van der Waals surface area contributed by atoms with E-state index in [1.807, 2.05) is 0 Å². The van der Waals surface area contributed by atoms with Gasteiger partial charge in [-0.25, -0.2) is 0 Å². The molecule has 1 aliphatic rings. The molecule has 0 bridgehead atoms. The number of morpholine rings is 1. The third kappa shape index (κ3) is 9.46. The molecule has 1 fully saturated rings. The van der Waals surface area contributed by atoms with Gasteiger partial charge in [-0.05, 0) is 12.3 Å². The fourth-order valence-corrected chi connectivity index (χ4v) is 3.27. The fourth-order valence-electron chi connectivity index (χ4n) is 3.27. The summed E-state index contributed by atoms with van der Waals surface area (Å²) in [6, 6.07) is 0.532. The first kappa shape index (κ1) is 20.8. The Morgan fingerprint density at radius 3 is 2.38 bits per heavy atom. The molecule has 0 aromatic carbocycles. The molecule has 4 nitrogen and oxygen atoms in total. The van der Waals surface area contributed by atoms with Gasteiger partial charge < -0.3 is 14.9 Å². The second kappa shape index (κ2) is 14.8. The van der Waals surface area contributed by atoms with Crippen molar-refractivity contribution in [3.05, 3.63) is 0 Å². The second-order valence-corrected chi connectivity index (χ2v) is 5.86. The second-order valence-electron chi connectivity index (χ2n) is 5.86. The van der Waals surface area contributed by atoms with Gasteiger partial charge in [0.05, 0.1) is 19.8 Å². The standard InChI is InChI=1S/C16H33NO2.CH4O/c1-3-6-15(7-4-2)8-5-9-16-14-19-13-11-17(16)10-12-18;1-2/h15-16,18H,3-14H2,1-2H3;2H,1H3. The number of rotatable bonds is 10. The first-order valence-corrected chi connectivity index (χ1v) is 8.69. The van der Waals surface area contributed by atoms with Gasteiger partial charge in [0.2, 0.25) is 0 Å². The zero-order chi connectivity index (χ0) is 15.9. The van der Waals surface area contributed by atoms with E-state index >= 15 is 0 Å². The molecule has 1 atom stereocenters. The summed E-state index contributed by atoms with van der Waals surface area (Å²) in [4.78, 5) is 2.40. The average Bonchev–Trinajstić information content (AvgIpc) is 2.52. The van der Waals surface area contributed by atoms with Gasteiger partial charge in [-0.15, -0.1) is 0 Å². The number of aliphatic hydroxyl groups is 2. The maximum atomic E-state index is 9.11. The van der Waals surface area contributed by atoms with Crippen LogP contribution < -0.4 is 0 Å². The third-order valence-electron chi connectivity index (χ3n) is 4.28. The Balaban J connectivity index is 0.00000191. The summed E-state index contributed by atoms with van der Waals surface area (Å²) in [7, 11) is 1.00. The quantitative estimate of drug-likeness (QED) is 0.651. The molecule has 0 aliphatic carbocycles. The third-order valence-corrected chi connectivity index (χ3v) is 4.28. The van der Waals surface area contributed by atoms with E-state index in [-0.39, 0.29) is 6.61 Å². The summed E-state index contributed by atoms with van der Waals surface area (Å²) in [5.74, 6) is 0.922. The number of β-amino-alcohol motifs (C(OH)–C–C–N with tert-alkyl or cyclic N) is 1. The highest BCUT2D eigenvalue weighted by molar-refractivity contribution is 4.75. The Morgan fingerprint density at radius 2 is 1.81 bits per heavy atom. The van der Waals surface area contributed by atoms with Crippen molar-refractivity contribution >= 4 is 0 Å². The van der Waals surface area contributed by atoms with Gasteiger partial charge >= 0.3 is 0 Å². The van der Waals surface area contributed by atoms with Crippen LogP contribution in [0.5, 0.6) is 0 Å². The van der Waals surface area contributed by atoms with Crippen LogP contribution in [0, 0.1) is 5.92 Å². The van der Waals surface area contributed by atoms with Gasteiger partial charge in [0.25, 0.3) is 0 Å². The van der Waals surface area contributed by atoms with Gasteiger partial charge in [-0.2, -0.15) is 0 Å². The highest BCUT2D eigenvalue weighted by Gasteiger charge is 2.22. The van der Waals surface area contributed by atoms with Crippen LogP contribution in [-0.4, -0.2) is 61.2 Å². The molecule has 1 rings (SSSR count). The summed E-state index contributed by atoms with van der Waals surface area (Å²) < 4.78 is 5.59. The van der Waals surface area contributed by atoms with Gasteiger partial charge in [0.1, 0.15) is 0 Å². The van der Waals surface area contributed by atoms with E-state index in [0.29, 0.717) is 6.04 Å². The lowest BCUT2D eigenvalue weighted by atomic mass is 9.91. The van der Waals surface area contributed by atoms with Gasteiger partial charge in [-0.3, -0.25) is 4.90 Å². The molecule has 0 radical (unpaired) electrons. The molecule has 0 aromatic rings. The monoisotopic (exact) mass is 303 g/mol. The molecule has 1 unspecified atom stereocenters. The van der Waals surface area contributed by atoms with Crippen molar-refractivity contribution in [2.24, 2.45) is 5.92 Å². The lowest BCUT2D eigenvalue weighted by molar-refractivity contribution is -0.0174. The van der Waals surface area contributed by atoms with E-state index in [0.717, 1.165) is 39.3 Å². The predicted octanol–water partition coefficient (Wildman–Crippen LogP) is 2.67. The minimum Gasteiger partial charge on any atom is -0.400 e. The van der Waals surface area contributed by atoms with E-state index < -0.39 is 0 Å². The number of nitrogens with zero attached hydrogens (tertiary/aromatic N) is 1. The molecule has 21 heavy (non-hydrogen) atoms. The molecular weight excluding hydrogens is 266 g/mol. The van der Waals surface area contributed by atoms with Crippen molar-refractivity contribution < 1.29 is 14.9 Å². The van der Waals surface area contributed by atoms with E-state index in [1.165, 1.54) is 44.9 Å². The summed E-state index contributed by atoms with van der Waals surface area (Å²) in [6.45, 7) is 8.32. The molecule has 0 saturated carbocycles. The Morgan fingerprint density at radius 1 is 1.14 bits per heavy atom. The molecule has 1 aliphatic heterocycles. The van der Waals surface area contributed by atoms with Crippen LogP contribution in [0.4, 0.5) is 0 Å². The normalized spacial score (nSPS) is 19.4. The maximum absolute atomic E-state index is 9.11. The Bertz CT molecular complexity index is 206. The molecule has 4 heteroatoms. The van der Waals surface area contributed by atoms with Gasteiger partial charge in [0.15, 0.2) is 0 Å². The van der Waals surface area contributed by atoms with Crippen LogP contribution in [0.25, 0.3) is 0 Å². The van der Waals surface area contributed by atoms with Crippen molar-refractivity contribution in [1.29, 1.82) is 0 Å². The molecule has 1 saturated heterocycles. The fraction of sp³-hybridized carbons (Fsp3) is 1.00. The lowest BCUT2D eigenvalue weighted by Gasteiger charge is -2.35. The van der Waals surface area contributed by atoms with Crippen molar-refractivity contribution in [2.45, 2.75) is 64.8 Å². The van der Waals surface area contributed by atoms with Crippen molar-refractivity contribution in [3.63, 3.8) is 0 Å². The van der Waals surface area contributed by atoms with Gasteiger partial charge in [0, 0.05) is 26.2 Å². The van der Waals surface area contributed by atoms with Crippen molar-refractivity contribution in [1.82, 2.24) is 4.90 Å². The largest absolute Gasteiger partial charge is 0.400 e. The zero-order valence-corrected chi connectivity index (χ0v) is 14.4. The Kier molecular flexibility index (Phi) is 14.7. The van der Waals surface area contributed by atoms with E-state index in [9.17, 15) is 0 Å². The first-order chi connectivity index (χ1) is 10.3. The van der Waals surface area contributed by atoms with E-state index in [2.05, 4.69) is 18.7 Å². The van der Waals surface area contributed by atoms with Crippen LogP contribution in [-0.2, 0) is 4.74 Å². The van der Waals surface area contributed by atoms with Crippen molar-refractivity contribution in [3.8, 4) is 0 Å². The van der Waals surface area contributed by atoms with Crippen LogP contribution >= 0.6 is 0 Å². The lowest BCUT2D eigenvalue weighted by Crippen LogP contribution is -2.46. The molecule has 0 amide bonds. The first-order valence-electron chi connectivity index (χ1n) is 8.69. The van der Waals surface area contributed by atoms with E-state index in [1.54, 1.807) is 0 Å². The SMILES string of the molecule is CCCC(CCC)CCCC1COCCN1CCO.CO. The topological polar surface area (TPSA) is 52.9 Å². The molecule has 1 heterocycles. The minimum atomic E-state index is 0.269. The molecule has 128 valence electrons. The molecular formula is C17H37NO3. The number of hydrogen-bond donors (Lipinski definition) is 2.